The Morgan fingerprint density at radius 3 is 2.14 bits per heavy atom. The molecular weight excluding hydrogens is 244 g/mol. The molecule has 0 radical (unpaired) electrons. The van der Waals surface area contributed by atoms with Crippen LogP contribution in [0.2, 0.25) is 0 Å². The standard InChI is InChI=1S/C9H9BrO2.C2H6/c1-12-9(11)8-4-2-7(6-10)3-5-8;1-2/h2-5H,6H2,1H3;1-2H3. The van der Waals surface area contributed by atoms with Crippen LogP contribution in [0.5, 0.6) is 0 Å². The average Bonchev–Trinajstić information content (AvgIpc) is 2.31. The SMILES string of the molecule is CC.COC(=O)c1ccc(CBr)cc1. The highest BCUT2D eigenvalue weighted by Gasteiger charge is 2.02. The summed E-state index contributed by atoms with van der Waals surface area (Å²) in [4.78, 5) is 11.0. The van der Waals surface area contributed by atoms with Gasteiger partial charge >= 0.3 is 5.97 Å². The zero-order chi connectivity index (χ0) is 11.0. The van der Waals surface area contributed by atoms with E-state index in [2.05, 4.69) is 20.7 Å². The maximum atomic E-state index is 11.0. The number of carbonyl (C=O) groups is 1. The van der Waals surface area contributed by atoms with Gasteiger partial charge in [0.05, 0.1) is 12.7 Å². The minimum absolute atomic E-state index is 0.295. The third-order valence-corrected chi connectivity index (χ3v) is 2.18. The first-order valence-corrected chi connectivity index (χ1v) is 5.63. The third kappa shape index (κ3) is 3.92. The highest BCUT2D eigenvalue weighted by molar-refractivity contribution is 9.08. The second-order valence-corrected chi connectivity index (χ2v) is 2.88. The molecule has 0 saturated heterocycles. The number of benzene rings is 1. The zero-order valence-electron chi connectivity index (χ0n) is 8.71. The molecule has 0 N–H and O–H groups in total. The number of halogens is 1. The molecule has 1 aromatic carbocycles. The minimum Gasteiger partial charge on any atom is -0.465 e. The Bertz CT molecular complexity index is 267. The lowest BCUT2D eigenvalue weighted by atomic mass is 10.1. The zero-order valence-corrected chi connectivity index (χ0v) is 10.3. The lowest BCUT2D eigenvalue weighted by Gasteiger charge is -1.99. The van der Waals surface area contributed by atoms with E-state index in [1.807, 2.05) is 26.0 Å². The molecule has 0 aromatic heterocycles. The van der Waals surface area contributed by atoms with Crippen molar-refractivity contribution in [2.75, 3.05) is 7.11 Å². The van der Waals surface area contributed by atoms with E-state index in [1.165, 1.54) is 7.11 Å². The number of hydrogen-bond acceptors (Lipinski definition) is 2. The fraction of sp³-hybridized carbons (Fsp3) is 0.364. The van der Waals surface area contributed by atoms with Gasteiger partial charge in [-0.3, -0.25) is 0 Å². The van der Waals surface area contributed by atoms with Gasteiger partial charge in [0, 0.05) is 5.33 Å². The number of methoxy groups -OCH3 is 1. The maximum absolute atomic E-state index is 11.0. The molecule has 0 saturated carbocycles. The first-order chi connectivity index (χ1) is 6.77. The van der Waals surface area contributed by atoms with Gasteiger partial charge in [0.1, 0.15) is 0 Å². The predicted octanol–water partition coefficient (Wildman–Crippen LogP) is 3.39. The van der Waals surface area contributed by atoms with E-state index in [9.17, 15) is 4.79 Å². The van der Waals surface area contributed by atoms with Crippen molar-refractivity contribution in [3.8, 4) is 0 Å². The Balaban J connectivity index is 0.000000791. The highest BCUT2D eigenvalue weighted by atomic mass is 79.9. The fourth-order valence-electron chi connectivity index (χ4n) is 0.848. The second kappa shape index (κ2) is 7.56. The summed E-state index contributed by atoms with van der Waals surface area (Å²) in [5, 5.41) is 0.800. The van der Waals surface area contributed by atoms with Crippen molar-refractivity contribution in [3.63, 3.8) is 0 Å². The highest BCUT2D eigenvalue weighted by Crippen LogP contribution is 2.08. The minimum atomic E-state index is -0.295. The van der Waals surface area contributed by atoms with Gasteiger partial charge in [-0.25, -0.2) is 4.79 Å². The van der Waals surface area contributed by atoms with Crippen LogP contribution in [0.3, 0.4) is 0 Å². The Morgan fingerprint density at radius 2 is 1.79 bits per heavy atom. The van der Waals surface area contributed by atoms with Gasteiger partial charge in [-0.2, -0.15) is 0 Å². The largest absolute Gasteiger partial charge is 0.465 e. The Kier molecular flexibility index (Phi) is 7.11. The molecule has 0 unspecified atom stereocenters. The molecule has 0 spiro atoms. The molecule has 0 bridgehead atoms. The molecule has 0 atom stereocenters. The molecule has 0 aliphatic carbocycles. The van der Waals surface area contributed by atoms with Crippen molar-refractivity contribution in [2.45, 2.75) is 19.2 Å². The van der Waals surface area contributed by atoms with E-state index in [1.54, 1.807) is 12.1 Å². The maximum Gasteiger partial charge on any atom is 0.337 e. The summed E-state index contributed by atoms with van der Waals surface area (Å²) in [6.07, 6.45) is 0. The number of ether oxygens (including phenoxy) is 1. The van der Waals surface area contributed by atoms with Crippen LogP contribution in [0.25, 0.3) is 0 Å². The van der Waals surface area contributed by atoms with Gasteiger partial charge in [-0.05, 0) is 17.7 Å². The summed E-state index contributed by atoms with van der Waals surface area (Å²) in [5.41, 5.74) is 1.73. The summed E-state index contributed by atoms with van der Waals surface area (Å²) in [7, 11) is 1.38. The Labute approximate surface area is 93.4 Å². The van der Waals surface area contributed by atoms with Gasteiger partial charge in [0.15, 0.2) is 0 Å². The quantitative estimate of drug-likeness (QED) is 0.601. The lowest BCUT2D eigenvalue weighted by Crippen LogP contribution is -2.00. The van der Waals surface area contributed by atoms with Crippen molar-refractivity contribution in [1.29, 1.82) is 0 Å². The molecular formula is C11H15BrO2. The van der Waals surface area contributed by atoms with Gasteiger partial charge < -0.3 is 4.74 Å². The summed E-state index contributed by atoms with van der Waals surface area (Å²) >= 11 is 3.32. The molecule has 14 heavy (non-hydrogen) atoms. The van der Waals surface area contributed by atoms with Crippen LogP contribution >= 0.6 is 15.9 Å². The van der Waals surface area contributed by atoms with E-state index < -0.39 is 0 Å². The van der Waals surface area contributed by atoms with Crippen LogP contribution in [0.4, 0.5) is 0 Å². The molecule has 0 aliphatic heterocycles. The van der Waals surface area contributed by atoms with Crippen LogP contribution < -0.4 is 0 Å². The van der Waals surface area contributed by atoms with E-state index in [-0.39, 0.29) is 5.97 Å². The molecule has 1 aromatic rings. The van der Waals surface area contributed by atoms with Crippen LogP contribution in [-0.4, -0.2) is 13.1 Å². The second-order valence-electron chi connectivity index (χ2n) is 2.32. The van der Waals surface area contributed by atoms with Crippen molar-refractivity contribution >= 4 is 21.9 Å². The summed E-state index contributed by atoms with van der Waals surface area (Å²) < 4.78 is 4.56. The molecule has 0 amide bonds. The fourth-order valence-corrected chi connectivity index (χ4v) is 1.22. The van der Waals surface area contributed by atoms with Gasteiger partial charge in [0.25, 0.3) is 0 Å². The molecule has 1 rings (SSSR count). The van der Waals surface area contributed by atoms with Crippen LogP contribution in [0.1, 0.15) is 29.8 Å². The number of esters is 1. The number of carbonyl (C=O) groups excluding carboxylic acids is 1. The summed E-state index contributed by atoms with van der Waals surface area (Å²) in [6.45, 7) is 4.00. The van der Waals surface area contributed by atoms with Crippen LogP contribution in [0.15, 0.2) is 24.3 Å². The average molecular weight is 259 g/mol. The van der Waals surface area contributed by atoms with Gasteiger partial charge in [-0.1, -0.05) is 41.9 Å². The van der Waals surface area contributed by atoms with Crippen molar-refractivity contribution in [2.24, 2.45) is 0 Å². The first-order valence-electron chi connectivity index (χ1n) is 4.51. The third-order valence-electron chi connectivity index (χ3n) is 1.53. The van der Waals surface area contributed by atoms with Gasteiger partial charge in [-0.15, -0.1) is 0 Å². The Morgan fingerprint density at radius 1 is 1.29 bits per heavy atom. The van der Waals surface area contributed by atoms with Crippen molar-refractivity contribution in [1.82, 2.24) is 0 Å². The first kappa shape index (κ1) is 13.2. The monoisotopic (exact) mass is 258 g/mol. The predicted molar refractivity (Wildman–Crippen MR) is 61.8 cm³/mol. The molecule has 0 heterocycles. The summed E-state index contributed by atoms with van der Waals surface area (Å²) in [5.74, 6) is -0.295. The number of alkyl halides is 1. The molecule has 0 fully saturated rings. The molecule has 0 aliphatic rings. The van der Waals surface area contributed by atoms with E-state index in [0.29, 0.717) is 5.56 Å². The van der Waals surface area contributed by atoms with Crippen molar-refractivity contribution < 1.29 is 9.53 Å². The number of rotatable bonds is 2. The van der Waals surface area contributed by atoms with E-state index >= 15 is 0 Å². The molecule has 78 valence electrons. The van der Waals surface area contributed by atoms with Gasteiger partial charge in [0.2, 0.25) is 0 Å². The van der Waals surface area contributed by atoms with Crippen LogP contribution in [0, 0.1) is 0 Å². The van der Waals surface area contributed by atoms with Crippen molar-refractivity contribution in [3.05, 3.63) is 35.4 Å². The Hall–Kier alpha value is -0.830. The van der Waals surface area contributed by atoms with Crippen LogP contribution in [-0.2, 0) is 10.1 Å². The normalized spacial score (nSPS) is 8.57. The molecule has 3 heteroatoms. The topological polar surface area (TPSA) is 26.3 Å². The van der Waals surface area contributed by atoms with E-state index in [4.69, 9.17) is 0 Å². The molecule has 2 nitrogen and oxygen atoms in total. The number of hydrogen-bond donors (Lipinski definition) is 0. The smallest absolute Gasteiger partial charge is 0.337 e. The van der Waals surface area contributed by atoms with E-state index in [0.717, 1.165) is 10.9 Å². The summed E-state index contributed by atoms with van der Waals surface area (Å²) in [6, 6.07) is 7.28. The lowest BCUT2D eigenvalue weighted by molar-refractivity contribution is 0.0601.